The predicted molar refractivity (Wildman–Crippen MR) is 64.0 cm³/mol. The third kappa shape index (κ3) is 1.49. The third-order valence-electron chi connectivity index (χ3n) is 3.15. The number of methoxy groups -OCH3 is 1. The lowest BCUT2D eigenvalue weighted by molar-refractivity contribution is 0.0972. The summed E-state index contributed by atoms with van der Waals surface area (Å²) >= 11 is 0. The predicted octanol–water partition coefficient (Wildman–Crippen LogP) is 0.846. The Hall–Kier alpha value is -2.24. The minimum absolute atomic E-state index is 0.0425. The number of hydrogen-bond acceptors (Lipinski definition) is 5. The van der Waals surface area contributed by atoms with Crippen molar-refractivity contribution in [2.24, 2.45) is 0 Å². The van der Waals surface area contributed by atoms with Crippen LogP contribution in [0.15, 0.2) is 11.0 Å². The van der Waals surface area contributed by atoms with Crippen molar-refractivity contribution in [1.82, 2.24) is 15.0 Å². The Morgan fingerprint density at radius 3 is 2.94 bits per heavy atom. The number of fused-ring (bicyclic) bond motifs is 3. The second-order valence-electron chi connectivity index (χ2n) is 4.20. The fourth-order valence-corrected chi connectivity index (χ4v) is 2.30. The van der Waals surface area contributed by atoms with Crippen molar-refractivity contribution in [3.63, 3.8) is 0 Å². The first-order valence-corrected chi connectivity index (χ1v) is 5.70. The molecule has 0 unspecified atom stereocenters. The summed E-state index contributed by atoms with van der Waals surface area (Å²) < 4.78 is 4.89. The summed E-state index contributed by atoms with van der Waals surface area (Å²) in [6, 6.07) is 0.127. The van der Waals surface area contributed by atoms with Crippen LogP contribution in [0.4, 0.5) is 0 Å². The zero-order valence-corrected chi connectivity index (χ0v) is 9.82. The van der Waals surface area contributed by atoms with E-state index in [4.69, 9.17) is 4.74 Å². The number of carbonyl (C=O) groups excluding carboxylic acids is 1. The zero-order valence-electron chi connectivity index (χ0n) is 9.82. The van der Waals surface area contributed by atoms with E-state index in [0.717, 1.165) is 12.0 Å². The van der Waals surface area contributed by atoms with Gasteiger partial charge >= 0.3 is 0 Å². The molecule has 0 aliphatic heterocycles. The molecule has 0 radical (unpaired) electrons. The van der Waals surface area contributed by atoms with Crippen LogP contribution in [0.2, 0.25) is 0 Å². The van der Waals surface area contributed by atoms with Crippen molar-refractivity contribution in [2.75, 3.05) is 7.11 Å². The molecule has 0 saturated heterocycles. The van der Waals surface area contributed by atoms with E-state index in [-0.39, 0.29) is 17.4 Å². The molecule has 0 atom stereocenters. The molecule has 2 heterocycles. The number of carbonyl (C=O) groups is 1. The van der Waals surface area contributed by atoms with Gasteiger partial charge in [0.25, 0.3) is 11.6 Å². The molecule has 0 fully saturated rings. The molecule has 1 aliphatic carbocycles. The van der Waals surface area contributed by atoms with Gasteiger partial charge in [-0.1, -0.05) is 0 Å². The average molecular weight is 245 g/mol. The lowest BCUT2D eigenvalue weighted by atomic mass is 9.90. The van der Waals surface area contributed by atoms with Gasteiger partial charge in [-0.15, -0.1) is 0 Å². The van der Waals surface area contributed by atoms with Crippen molar-refractivity contribution in [3.8, 4) is 6.01 Å². The zero-order chi connectivity index (χ0) is 12.7. The molecule has 0 spiro atoms. The summed E-state index contributed by atoms with van der Waals surface area (Å²) in [6.07, 6.45) is 3.49. The second-order valence-corrected chi connectivity index (χ2v) is 4.20. The Labute approximate surface area is 102 Å². The molecule has 6 nitrogen and oxygen atoms in total. The highest BCUT2D eigenvalue weighted by Crippen LogP contribution is 2.25. The highest BCUT2D eigenvalue weighted by Gasteiger charge is 2.22. The summed E-state index contributed by atoms with van der Waals surface area (Å²) in [5, 5.41) is 0.404. The normalized spacial score (nSPS) is 14.6. The van der Waals surface area contributed by atoms with E-state index in [1.54, 1.807) is 0 Å². The van der Waals surface area contributed by atoms with E-state index in [9.17, 15) is 9.59 Å². The molecule has 0 saturated carbocycles. The number of hydrogen-bond donors (Lipinski definition) is 1. The fraction of sp³-hybridized carbons (Fsp3) is 0.333. The van der Waals surface area contributed by atoms with Gasteiger partial charge in [-0.3, -0.25) is 14.6 Å². The Morgan fingerprint density at radius 2 is 2.17 bits per heavy atom. The summed E-state index contributed by atoms with van der Waals surface area (Å²) in [4.78, 5) is 34.5. The number of H-pyrrole nitrogens is 1. The van der Waals surface area contributed by atoms with Crippen LogP contribution in [0.3, 0.4) is 0 Å². The summed E-state index contributed by atoms with van der Waals surface area (Å²) in [6.45, 7) is 0. The minimum Gasteiger partial charge on any atom is -0.468 e. The SMILES string of the molecule is COc1nc2ncc3c(c2c(=O)[nH]1)CCCC3=O. The Morgan fingerprint density at radius 1 is 1.33 bits per heavy atom. The van der Waals surface area contributed by atoms with E-state index < -0.39 is 0 Å². The molecule has 18 heavy (non-hydrogen) atoms. The molecule has 1 N–H and O–H groups in total. The van der Waals surface area contributed by atoms with Gasteiger partial charge in [0, 0.05) is 18.2 Å². The molecule has 2 aromatic rings. The van der Waals surface area contributed by atoms with Crippen molar-refractivity contribution >= 4 is 16.8 Å². The topological polar surface area (TPSA) is 84.9 Å². The largest absolute Gasteiger partial charge is 0.468 e. The van der Waals surface area contributed by atoms with Gasteiger partial charge in [-0.05, 0) is 18.4 Å². The number of nitrogens with one attached hydrogen (secondary N) is 1. The first-order valence-electron chi connectivity index (χ1n) is 5.70. The van der Waals surface area contributed by atoms with Gasteiger partial charge in [-0.2, -0.15) is 4.98 Å². The number of Topliss-reactive ketones (excluding diaryl/α,β-unsaturated/α-hetero) is 1. The van der Waals surface area contributed by atoms with E-state index in [2.05, 4.69) is 15.0 Å². The van der Waals surface area contributed by atoms with Crippen LogP contribution >= 0.6 is 0 Å². The first-order chi connectivity index (χ1) is 8.70. The van der Waals surface area contributed by atoms with E-state index >= 15 is 0 Å². The number of aromatic amines is 1. The molecule has 0 bridgehead atoms. The maximum Gasteiger partial charge on any atom is 0.298 e. The molecule has 92 valence electrons. The van der Waals surface area contributed by atoms with Crippen molar-refractivity contribution in [3.05, 3.63) is 27.7 Å². The van der Waals surface area contributed by atoms with E-state index in [0.29, 0.717) is 29.4 Å². The van der Waals surface area contributed by atoms with Gasteiger partial charge in [-0.25, -0.2) is 4.98 Å². The Kier molecular flexibility index (Phi) is 2.36. The summed E-state index contributed by atoms with van der Waals surface area (Å²) in [7, 11) is 1.42. The quantitative estimate of drug-likeness (QED) is 0.804. The molecule has 2 aromatic heterocycles. The van der Waals surface area contributed by atoms with Crippen molar-refractivity contribution < 1.29 is 9.53 Å². The van der Waals surface area contributed by atoms with Crippen LogP contribution in [0, 0.1) is 0 Å². The van der Waals surface area contributed by atoms with Gasteiger partial charge in [0.2, 0.25) is 0 Å². The standard InChI is InChI=1S/C12H11N3O3/c1-18-12-14-10-9(11(17)15-12)6-3-2-4-8(16)7(6)5-13-10/h5H,2-4H2,1H3,(H,13,14,15,17). The van der Waals surface area contributed by atoms with E-state index in [1.165, 1.54) is 13.3 Å². The Bertz CT molecular complexity index is 706. The molecular formula is C12H11N3O3. The number of nitrogens with zero attached hydrogens (tertiary/aromatic N) is 2. The number of aryl methyl sites for hydroxylation is 1. The monoisotopic (exact) mass is 245 g/mol. The van der Waals surface area contributed by atoms with Gasteiger partial charge in [0.15, 0.2) is 11.4 Å². The Balaban J connectivity index is 2.39. The number of aromatic nitrogens is 3. The van der Waals surface area contributed by atoms with Crippen LogP contribution in [-0.2, 0) is 6.42 Å². The van der Waals surface area contributed by atoms with Crippen LogP contribution < -0.4 is 10.3 Å². The maximum atomic E-state index is 12.0. The van der Waals surface area contributed by atoms with Crippen LogP contribution in [0.1, 0.15) is 28.8 Å². The highest BCUT2D eigenvalue weighted by atomic mass is 16.5. The maximum absolute atomic E-state index is 12.0. The van der Waals surface area contributed by atoms with Crippen LogP contribution in [-0.4, -0.2) is 27.8 Å². The molecule has 3 rings (SSSR count). The smallest absolute Gasteiger partial charge is 0.298 e. The van der Waals surface area contributed by atoms with Crippen LogP contribution in [0.25, 0.3) is 11.0 Å². The number of ether oxygens (including phenoxy) is 1. The number of rotatable bonds is 1. The van der Waals surface area contributed by atoms with Crippen LogP contribution in [0.5, 0.6) is 6.01 Å². The van der Waals surface area contributed by atoms with Crippen molar-refractivity contribution in [2.45, 2.75) is 19.3 Å². The highest BCUT2D eigenvalue weighted by molar-refractivity contribution is 6.01. The molecular weight excluding hydrogens is 234 g/mol. The molecule has 6 heteroatoms. The summed E-state index contributed by atoms with van der Waals surface area (Å²) in [5.41, 5.74) is 1.32. The molecule has 0 aromatic carbocycles. The van der Waals surface area contributed by atoms with Gasteiger partial charge in [0.1, 0.15) is 0 Å². The lowest BCUT2D eigenvalue weighted by Gasteiger charge is -2.15. The lowest BCUT2D eigenvalue weighted by Crippen LogP contribution is -2.18. The number of ketones is 1. The molecule has 0 amide bonds. The molecule has 1 aliphatic rings. The van der Waals surface area contributed by atoms with E-state index in [1.807, 2.05) is 0 Å². The second kappa shape index (κ2) is 3.90. The third-order valence-corrected chi connectivity index (χ3v) is 3.15. The average Bonchev–Trinajstić information content (AvgIpc) is 2.38. The number of pyridine rings is 1. The summed E-state index contributed by atoms with van der Waals surface area (Å²) in [5.74, 6) is 0.0425. The fourth-order valence-electron chi connectivity index (χ4n) is 2.30. The van der Waals surface area contributed by atoms with Crippen molar-refractivity contribution in [1.29, 1.82) is 0 Å². The van der Waals surface area contributed by atoms with Gasteiger partial charge in [0.05, 0.1) is 12.5 Å². The first kappa shape index (κ1) is 10.9. The minimum atomic E-state index is -0.309. The van der Waals surface area contributed by atoms with Gasteiger partial charge < -0.3 is 4.74 Å².